The summed E-state index contributed by atoms with van der Waals surface area (Å²) in [6, 6.07) is 10.2. The number of benzene rings is 1. The number of rotatable bonds is 3. The van der Waals surface area contributed by atoms with Crippen LogP contribution in [-0.4, -0.2) is 27.9 Å². The molecule has 0 unspecified atom stereocenters. The van der Waals surface area contributed by atoms with Gasteiger partial charge in [-0.25, -0.2) is 8.42 Å². The Hall–Kier alpha value is -1.20. The van der Waals surface area contributed by atoms with E-state index in [1.54, 1.807) is 12.1 Å². The van der Waals surface area contributed by atoms with Crippen LogP contribution in [0.5, 0.6) is 0 Å². The van der Waals surface area contributed by atoms with Crippen LogP contribution in [0, 0.1) is 6.92 Å². The van der Waals surface area contributed by atoms with E-state index in [2.05, 4.69) is 56.9 Å². The first-order valence-electron chi connectivity index (χ1n) is 7.58. The average Bonchev–Trinajstić information content (AvgIpc) is 2.46. The van der Waals surface area contributed by atoms with Crippen molar-refractivity contribution in [1.29, 1.82) is 0 Å². The summed E-state index contributed by atoms with van der Waals surface area (Å²) in [5.41, 5.74) is 2.39. The quantitative estimate of drug-likeness (QED) is 0.441. The molecule has 4 nitrogen and oxygen atoms in total. The van der Waals surface area contributed by atoms with Crippen molar-refractivity contribution in [3.05, 3.63) is 59.9 Å². The van der Waals surface area contributed by atoms with Crippen LogP contribution in [0.4, 0.5) is 0 Å². The molecule has 0 aliphatic rings. The summed E-state index contributed by atoms with van der Waals surface area (Å²) in [4.78, 5) is -0.178. The van der Waals surface area contributed by atoms with Crippen LogP contribution in [0.1, 0.15) is 31.9 Å². The summed E-state index contributed by atoms with van der Waals surface area (Å²) in [5.74, 6) is 0. The first-order chi connectivity index (χ1) is 11.0. The van der Waals surface area contributed by atoms with Gasteiger partial charge in [0.1, 0.15) is 10.1 Å². The first-order valence-corrected chi connectivity index (χ1v) is 11.1. The number of aryl methyl sites for hydroxylation is 2. The maximum atomic E-state index is 10.4. The zero-order valence-electron chi connectivity index (χ0n) is 14.8. The van der Waals surface area contributed by atoms with Crippen molar-refractivity contribution in [3.63, 3.8) is 0 Å². The summed E-state index contributed by atoms with van der Waals surface area (Å²) in [5, 5.41) is 1.25. The van der Waals surface area contributed by atoms with Gasteiger partial charge < -0.3 is 4.55 Å². The SMILES string of the molecule is C[n+]1ccc(C[Se]C(C)(C)C)cc1.Cc1ccc(S(=O)(=O)[O-])cc1. The molecule has 0 saturated heterocycles. The Balaban J connectivity index is 0.000000243. The maximum absolute atomic E-state index is 10.4. The summed E-state index contributed by atoms with van der Waals surface area (Å²) in [6.07, 6.45) is 4.24. The number of hydrogen-bond acceptors (Lipinski definition) is 3. The van der Waals surface area contributed by atoms with Crippen LogP contribution in [0.25, 0.3) is 0 Å². The molecule has 0 radical (unpaired) electrons. The largest absolute Gasteiger partial charge is 0.744 e. The number of aromatic nitrogens is 1. The molecule has 0 spiro atoms. The summed E-state index contributed by atoms with van der Waals surface area (Å²) in [7, 11) is -2.22. The fourth-order valence-corrected chi connectivity index (χ4v) is 3.76. The molecule has 24 heavy (non-hydrogen) atoms. The Morgan fingerprint density at radius 1 is 1.04 bits per heavy atom. The van der Waals surface area contributed by atoms with Crippen LogP contribution in [0.2, 0.25) is 4.31 Å². The number of nitrogens with zero attached hydrogens (tertiary/aromatic N) is 1. The van der Waals surface area contributed by atoms with Gasteiger partial charge in [0.2, 0.25) is 0 Å². The van der Waals surface area contributed by atoms with E-state index in [9.17, 15) is 13.0 Å². The van der Waals surface area contributed by atoms with E-state index in [1.165, 1.54) is 23.0 Å². The second-order valence-corrected chi connectivity index (χ2v) is 11.7. The van der Waals surface area contributed by atoms with Gasteiger partial charge in [-0.15, -0.1) is 0 Å². The molecule has 0 aliphatic carbocycles. The van der Waals surface area contributed by atoms with E-state index in [4.69, 9.17) is 0 Å². The molecule has 132 valence electrons. The van der Waals surface area contributed by atoms with Crippen LogP contribution in [0.3, 0.4) is 0 Å². The molecular weight excluding hydrogens is 389 g/mol. The Bertz CT molecular complexity index is 733. The van der Waals surface area contributed by atoms with Crippen molar-refractivity contribution in [2.45, 2.75) is 42.2 Å². The Morgan fingerprint density at radius 2 is 1.54 bits per heavy atom. The maximum Gasteiger partial charge on any atom is 0.124 e. The number of pyridine rings is 1. The van der Waals surface area contributed by atoms with Crippen molar-refractivity contribution < 1.29 is 17.5 Å². The molecule has 0 aliphatic heterocycles. The summed E-state index contributed by atoms with van der Waals surface area (Å²) >= 11 is 0.701. The third kappa shape index (κ3) is 8.60. The monoisotopic (exact) mass is 415 g/mol. The molecule has 0 fully saturated rings. The van der Waals surface area contributed by atoms with Gasteiger partial charge in [-0.05, 0) is 19.1 Å². The van der Waals surface area contributed by atoms with Gasteiger partial charge in [0.15, 0.2) is 0 Å². The van der Waals surface area contributed by atoms with Crippen LogP contribution in [-0.2, 0) is 22.5 Å². The summed E-state index contributed by atoms with van der Waals surface area (Å²) in [6.45, 7) is 8.77. The molecule has 0 amide bonds. The predicted molar refractivity (Wildman–Crippen MR) is 95.9 cm³/mol. The van der Waals surface area contributed by atoms with E-state index in [0.717, 1.165) is 5.56 Å². The normalized spacial score (nSPS) is 11.6. The van der Waals surface area contributed by atoms with Crippen molar-refractivity contribution in [2.75, 3.05) is 0 Å². The second kappa shape index (κ2) is 8.77. The third-order valence-electron chi connectivity index (χ3n) is 3.03. The van der Waals surface area contributed by atoms with Crippen molar-refractivity contribution in [2.24, 2.45) is 7.05 Å². The van der Waals surface area contributed by atoms with Gasteiger partial charge in [-0.2, -0.15) is 0 Å². The molecule has 1 aromatic carbocycles. The Labute approximate surface area is 151 Å². The van der Waals surface area contributed by atoms with E-state index < -0.39 is 10.1 Å². The third-order valence-corrected chi connectivity index (χ3v) is 6.70. The molecule has 0 N–H and O–H groups in total. The predicted octanol–water partition coefficient (Wildman–Crippen LogP) is 2.83. The molecule has 2 rings (SSSR count). The summed E-state index contributed by atoms with van der Waals surface area (Å²) < 4.78 is 33.7. The zero-order chi connectivity index (χ0) is 18.4. The van der Waals surface area contributed by atoms with Crippen molar-refractivity contribution in [3.8, 4) is 0 Å². The molecule has 6 heteroatoms. The van der Waals surface area contributed by atoms with Crippen LogP contribution in [0.15, 0.2) is 53.7 Å². The van der Waals surface area contributed by atoms with Gasteiger partial charge in [-0.3, -0.25) is 0 Å². The molecule has 1 heterocycles. The average molecular weight is 414 g/mol. The Morgan fingerprint density at radius 3 is 1.96 bits per heavy atom. The van der Waals surface area contributed by atoms with Crippen molar-refractivity contribution >= 4 is 25.1 Å². The topological polar surface area (TPSA) is 61.1 Å². The van der Waals surface area contributed by atoms with E-state index in [0.29, 0.717) is 19.3 Å². The van der Waals surface area contributed by atoms with Gasteiger partial charge in [0.05, 0.1) is 4.90 Å². The van der Waals surface area contributed by atoms with Gasteiger partial charge in [0.25, 0.3) is 0 Å². The molecule has 0 bridgehead atoms. The molecule has 1 aromatic heterocycles. The van der Waals surface area contributed by atoms with Gasteiger partial charge in [-0.1, -0.05) is 17.7 Å². The Kier molecular flexibility index (Phi) is 7.61. The van der Waals surface area contributed by atoms with Gasteiger partial charge in [0, 0.05) is 0 Å². The smallest absolute Gasteiger partial charge is 0.124 e. The van der Waals surface area contributed by atoms with E-state index >= 15 is 0 Å². The zero-order valence-corrected chi connectivity index (χ0v) is 17.3. The first kappa shape index (κ1) is 20.8. The van der Waals surface area contributed by atoms with Gasteiger partial charge >= 0.3 is 87.1 Å². The molecule has 0 atom stereocenters. The van der Waals surface area contributed by atoms with E-state index in [-0.39, 0.29) is 4.90 Å². The molecule has 2 aromatic rings. The van der Waals surface area contributed by atoms with E-state index in [1.807, 2.05) is 6.92 Å². The molecule has 0 saturated carbocycles. The number of hydrogen-bond donors (Lipinski definition) is 0. The van der Waals surface area contributed by atoms with Crippen LogP contribution >= 0.6 is 0 Å². The minimum absolute atomic E-state index is 0.178. The fourth-order valence-electron chi connectivity index (χ4n) is 1.63. The van der Waals surface area contributed by atoms with Crippen molar-refractivity contribution in [1.82, 2.24) is 0 Å². The second-order valence-electron chi connectivity index (χ2n) is 6.54. The molecular formula is C18H25NO3SSe. The van der Waals surface area contributed by atoms with Crippen LogP contribution < -0.4 is 4.57 Å². The standard InChI is InChI=1S/C11H18NSe.C7H8O3S/c1-11(2,3)13-9-10-5-7-12(4)8-6-10;1-6-2-4-7(5-3-6)11(8,9)10/h5-8H,9H2,1-4H3;2-5H,1H3,(H,8,9,10)/q+1;/p-1. The minimum atomic E-state index is -4.27. The fraction of sp³-hybridized carbons (Fsp3) is 0.389. The minimum Gasteiger partial charge on any atom is -0.744 e.